The number of carbonyl (C=O) groups excluding carboxylic acids is 1. The highest BCUT2D eigenvalue weighted by atomic mass is 32.2. The molecule has 1 amide bonds. The van der Waals surface area contributed by atoms with Crippen molar-refractivity contribution in [2.45, 2.75) is 31.0 Å². The van der Waals surface area contributed by atoms with Gasteiger partial charge in [0.1, 0.15) is 0 Å². The maximum Gasteiger partial charge on any atom is 0.238 e. The molecule has 1 aromatic rings. The summed E-state index contributed by atoms with van der Waals surface area (Å²) < 4.78 is 23.6. The van der Waals surface area contributed by atoms with Crippen molar-refractivity contribution < 1.29 is 13.2 Å². The molecule has 0 fully saturated rings. The van der Waals surface area contributed by atoms with Crippen LogP contribution in [0.25, 0.3) is 0 Å². The van der Waals surface area contributed by atoms with Crippen LogP contribution in [0, 0.1) is 11.5 Å². The Bertz CT molecular complexity index is 571. The van der Waals surface area contributed by atoms with Crippen molar-refractivity contribution in [2.75, 3.05) is 10.7 Å². The smallest absolute Gasteiger partial charge is 0.238 e. The minimum Gasteiger partial charge on any atom is -0.274 e. The number of thiazole rings is 1. The van der Waals surface area contributed by atoms with Crippen LogP contribution in [-0.2, 0) is 14.6 Å². The van der Waals surface area contributed by atoms with Crippen molar-refractivity contribution >= 4 is 32.9 Å². The van der Waals surface area contributed by atoms with Gasteiger partial charge in [-0.25, -0.2) is 13.4 Å². The molecule has 18 heavy (non-hydrogen) atoms. The van der Waals surface area contributed by atoms with Crippen LogP contribution in [0.4, 0.5) is 5.82 Å². The van der Waals surface area contributed by atoms with Gasteiger partial charge < -0.3 is 0 Å². The van der Waals surface area contributed by atoms with Gasteiger partial charge in [0.15, 0.2) is 12.0 Å². The number of rotatable bonds is 5. The van der Waals surface area contributed by atoms with Crippen LogP contribution in [0.5, 0.6) is 0 Å². The number of carbonyl (C=O) groups is 1. The molecule has 0 saturated heterocycles. The van der Waals surface area contributed by atoms with Crippen molar-refractivity contribution in [2.24, 2.45) is 0 Å². The summed E-state index contributed by atoms with van der Waals surface area (Å²) in [4.78, 5) is 15.7. The van der Waals surface area contributed by atoms with Gasteiger partial charge in [0.2, 0.25) is 20.1 Å². The van der Waals surface area contributed by atoms with Crippen LogP contribution in [0.3, 0.4) is 0 Å². The average molecular weight is 287 g/mol. The SMILES string of the molecule is CCCCS(=O)(=O)c1nc(N(C#N)C(C)=O)cs1. The summed E-state index contributed by atoms with van der Waals surface area (Å²) in [5.41, 5.74) is 0. The van der Waals surface area contributed by atoms with E-state index in [0.717, 1.165) is 22.7 Å². The summed E-state index contributed by atoms with van der Waals surface area (Å²) in [6.07, 6.45) is 2.99. The van der Waals surface area contributed by atoms with Crippen LogP contribution >= 0.6 is 11.3 Å². The van der Waals surface area contributed by atoms with E-state index < -0.39 is 15.7 Å². The highest BCUT2D eigenvalue weighted by Gasteiger charge is 2.21. The fraction of sp³-hybridized carbons (Fsp3) is 0.500. The average Bonchev–Trinajstić information content (AvgIpc) is 2.77. The number of sulfone groups is 1. The Morgan fingerprint density at radius 3 is 2.78 bits per heavy atom. The molecule has 0 atom stereocenters. The standard InChI is InChI=1S/C10H13N3O3S2/c1-3-4-5-18(15,16)10-12-9(6-17-10)13(7-11)8(2)14/h6H,3-5H2,1-2H3. The lowest BCUT2D eigenvalue weighted by molar-refractivity contribution is -0.115. The van der Waals surface area contributed by atoms with Crippen molar-refractivity contribution in [1.82, 2.24) is 4.98 Å². The molecule has 0 radical (unpaired) electrons. The lowest BCUT2D eigenvalue weighted by atomic mass is 10.4. The summed E-state index contributed by atoms with van der Waals surface area (Å²) in [6.45, 7) is 3.11. The van der Waals surface area contributed by atoms with E-state index in [1.54, 1.807) is 6.19 Å². The Labute approximate surface area is 110 Å². The van der Waals surface area contributed by atoms with Gasteiger partial charge in [-0.1, -0.05) is 13.3 Å². The highest BCUT2D eigenvalue weighted by Crippen LogP contribution is 2.23. The quantitative estimate of drug-likeness (QED) is 0.605. The number of aromatic nitrogens is 1. The van der Waals surface area contributed by atoms with Crippen molar-refractivity contribution in [3.8, 4) is 6.19 Å². The van der Waals surface area contributed by atoms with E-state index >= 15 is 0 Å². The maximum absolute atomic E-state index is 11.8. The summed E-state index contributed by atoms with van der Waals surface area (Å²) in [5, 5.41) is 10.2. The van der Waals surface area contributed by atoms with Crippen LogP contribution < -0.4 is 4.90 Å². The summed E-state index contributed by atoms with van der Waals surface area (Å²) in [5.74, 6) is -0.409. The third-order valence-electron chi connectivity index (χ3n) is 2.15. The lowest BCUT2D eigenvalue weighted by Crippen LogP contribution is -2.22. The molecule has 0 N–H and O–H groups in total. The zero-order valence-electron chi connectivity index (χ0n) is 10.1. The van der Waals surface area contributed by atoms with Crippen molar-refractivity contribution in [1.29, 1.82) is 5.26 Å². The predicted molar refractivity (Wildman–Crippen MR) is 67.8 cm³/mol. The van der Waals surface area contributed by atoms with Crippen LogP contribution in [0.15, 0.2) is 9.72 Å². The van der Waals surface area contributed by atoms with E-state index in [-0.39, 0.29) is 15.9 Å². The molecule has 8 heteroatoms. The Morgan fingerprint density at radius 1 is 1.61 bits per heavy atom. The Balaban J connectivity index is 3.00. The molecule has 1 aromatic heterocycles. The number of anilines is 1. The van der Waals surface area contributed by atoms with E-state index in [9.17, 15) is 13.2 Å². The highest BCUT2D eigenvalue weighted by molar-refractivity contribution is 7.93. The molecular weight excluding hydrogens is 274 g/mol. The number of nitrogens with zero attached hydrogens (tertiary/aromatic N) is 3. The van der Waals surface area contributed by atoms with Gasteiger partial charge in [0.05, 0.1) is 5.75 Å². The molecule has 6 nitrogen and oxygen atoms in total. The van der Waals surface area contributed by atoms with Crippen LogP contribution in [0.1, 0.15) is 26.7 Å². The van der Waals surface area contributed by atoms with Gasteiger partial charge in [0.25, 0.3) is 0 Å². The Hall–Kier alpha value is -1.46. The summed E-state index contributed by atoms with van der Waals surface area (Å²) in [7, 11) is -3.41. The third-order valence-corrected chi connectivity index (χ3v) is 5.27. The van der Waals surface area contributed by atoms with Crippen LogP contribution in [0.2, 0.25) is 0 Å². The molecule has 0 saturated carbocycles. The molecule has 0 bridgehead atoms. The largest absolute Gasteiger partial charge is 0.274 e. The predicted octanol–water partition coefficient (Wildman–Crippen LogP) is 1.55. The van der Waals surface area contributed by atoms with Gasteiger partial charge in [-0.15, -0.1) is 11.3 Å². The van der Waals surface area contributed by atoms with E-state index in [1.807, 2.05) is 6.92 Å². The van der Waals surface area contributed by atoms with E-state index in [1.165, 1.54) is 12.3 Å². The van der Waals surface area contributed by atoms with E-state index in [2.05, 4.69) is 4.98 Å². The van der Waals surface area contributed by atoms with E-state index in [0.29, 0.717) is 6.42 Å². The number of nitriles is 1. The fourth-order valence-corrected chi connectivity index (χ4v) is 3.77. The monoisotopic (exact) mass is 287 g/mol. The summed E-state index contributed by atoms with van der Waals surface area (Å²) >= 11 is 0.924. The molecule has 0 aliphatic carbocycles. The molecule has 1 rings (SSSR count). The topological polar surface area (TPSA) is 91.1 Å². The third kappa shape index (κ3) is 3.27. The first-order valence-electron chi connectivity index (χ1n) is 5.31. The van der Waals surface area contributed by atoms with Gasteiger partial charge in [-0.3, -0.25) is 4.79 Å². The van der Waals surface area contributed by atoms with Gasteiger partial charge in [-0.2, -0.15) is 10.2 Å². The number of hydrogen-bond acceptors (Lipinski definition) is 6. The second-order valence-electron chi connectivity index (χ2n) is 3.60. The molecule has 1 heterocycles. The number of unbranched alkanes of at least 4 members (excludes halogenated alkanes) is 1. The molecular formula is C10H13N3O3S2. The van der Waals surface area contributed by atoms with Gasteiger partial charge in [-0.05, 0) is 6.42 Å². The first kappa shape index (κ1) is 14.6. The minimum atomic E-state index is -3.41. The van der Waals surface area contributed by atoms with Gasteiger partial charge in [0, 0.05) is 12.3 Å². The molecule has 0 spiro atoms. The molecule has 0 aliphatic rings. The first-order valence-corrected chi connectivity index (χ1v) is 7.84. The van der Waals surface area contributed by atoms with Crippen LogP contribution in [-0.4, -0.2) is 25.1 Å². The van der Waals surface area contributed by atoms with Gasteiger partial charge >= 0.3 is 0 Å². The molecule has 98 valence electrons. The zero-order chi connectivity index (χ0) is 13.8. The molecule has 0 unspecified atom stereocenters. The minimum absolute atomic E-state index is 0.0308. The fourth-order valence-electron chi connectivity index (χ4n) is 1.20. The lowest BCUT2D eigenvalue weighted by Gasteiger charge is -2.05. The normalized spacial score (nSPS) is 10.9. The molecule has 0 aliphatic heterocycles. The number of hydrogen-bond donors (Lipinski definition) is 0. The first-order chi connectivity index (χ1) is 8.42. The molecule has 0 aromatic carbocycles. The van der Waals surface area contributed by atoms with Crippen molar-refractivity contribution in [3.63, 3.8) is 0 Å². The zero-order valence-corrected chi connectivity index (χ0v) is 11.7. The van der Waals surface area contributed by atoms with Crippen molar-refractivity contribution in [3.05, 3.63) is 5.38 Å². The van der Waals surface area contributed by atoms with E-state index in [4.69, 9.17) is 5.26 Å². The second kappa shape index (κ2) is 5.93. The maximum atomic E-state index is 11.8. The Kier molecular flexibility index (Phi) is 4.81. The summed E-state index contributed by atoms with van der Waals surface area (Å²) in [6, 6.07) is 0. The Morgan fingerprint density at radius 2 is 2.28 bits per heavy atom. The second-order valence-corrected chi connectivity index (χ2v) is 6.74. The number of amides is 1.